The first-order valence-corrected chi connectivity index (χ1v) is 6.54. The Bertz CT molecular complexity index is 596. The van der Waals surface area contributed by atoms with E-state index in [2.05, 4.69) is 40.2 Å². The Morgan fingerprint density at radius 2 is 1.70 bits per heavy atom. The molecular weight excluding hydrogens is 270 g/mol. The van der Waals surface area contributed by atoms with Crippen LogP contribution in [0.1, 0.15) is 11.1 Å². The molecule has 0 unspecified atom stereocenters. The molecule has 1 aliphatic rings. The third kappa shape index (κ3) is 3.11. The fourth-order valence-electron chi connectivity index (χ4n) is 2.34. The number of fused-ring (bicyclic) bond motifs is 1. The van der Waals surface area contributed by atoms with Crippen molar-refractivity contribution in [3.8, 4) is 0 Å². The standard InChI is InChI=1S/C16H17N3.ClH/c17-16-18-15-9-5-4-8-14(15)12-19(16)11-10-13-6-2-1-3-7-13;/h1-9H,10-12H2,(H2,17,18);1H. The summed E-state index contributed by atoms with van der Waals surface area (Å²) in [5.41, 5.74) is 9.60. The largest absolute Gasteiger partial charge is 0.369 e. The van der Waals surface area contributed by atoms with Crippen LogP contribution in [-0.2, 0) is 13.0 Å². The van der Waals surface area contributed by atoms with Crippen molar-refractivity contribution in [2.75, 3.05) is 6.54 Å². The number of nitrogens with two attached hydrogens (primary N) is 1. The van der Waals surface area contributed by atoms with Crippen LogP contribution in [0.3, 0.4) is 0 Å². The number of nitrogens with zero attached hydrogens (tertiary/aromatic N) is 2. The van der Waals surface area contributed by atoms with Crippen LogP contribution in [0.25, 0.3) is 0 Å². The SMILES string of the molecule is Cl.NC1=Nc2ccccc2CN1CCc1ccccc1. The van der Waals surface area contributed by atoms with Crippen molar-refractivity contribution < 1.29 is 0 Å². The molecule has 1 heterocycles. The summed E-state index contributed by atoms with van der Waals surface area (Å²) in [5, 5.41) is 0. The zero-order valence-electron chi connectivity index (χ0n) is 11.2. The first-order chi connectivity index (χ1) is 9.33. The Kier molecular flexibility index (Phi) is 4.64. The first kappa shape index (κ1) is 14.4. The average Bonchev–Trinajstić information content (AvgIpc) is 2.46. The molecule has 0 aromatic heterocycles. The molecule has 0 radical (unpaired) electrons. The number of aliphatic imine (C=N–C) groups is 1. The van der Waals surface area contributed by atoms with E-state index in [-0.39, 0.29) is 12.4 Å². The molecule has 20 heavy (non-hydrogen) atoms. The van der Waals surface area contributed by atoms with Crippen molar-refractivity contribution in [2.24, 2.45) is 10.7 Å². The molecular formula is C16H18ClN3. The predicted molar refractivity (Wildman–Crippen MR) is 85.5 cm³/mol. The minimum absolute atomic E-state index is 0. The van der Waals surface area contributed by atoms with Gasteiger partial charge >= 0.3 is 0 Å². The minimum atomic E-state index is 0. The molecule has 104 valence electrons. The number of hydrogen-bond acceptors (Lipinski definition) is 3. The van der Waals surface area contributed by atoms with Crippen molar-refractivity contribution in [3.05, 3.63) is 65.7 Å². The third-order valence-electron chi connectivity index (χ3n) is 3.43. The first-order valence-electron chi connectivity index (χ1n) is 6.54. The van der Waals surface area contributed by atoms with Crippen LogP contribution in [0.5, 0.6) is 0 Å². The maximum atomic E-state index is 6.03. The lowest BCUT2D eigenvalue weighted by Gasteiger charge is -2.28. The van der Waals surface area contributed by atoms with Gasteiger partial charge < -0.3 is 10.6 Å². The van der Waals surface area contributed by atoms with Gasteiger partial charge in [-0.05, 0) is 23.6 Å². The number of para-hydroxylation sites is 1. The molecule has 4 heteroatoms. The highest BCUT2D eigenvalue weighted by Crippen LogP contribution is 2.24. The lowest BCUT2D eigenvalue weighted by molar-refractivity contribution is 0.407. The lowest BCUT2D eigenvalue weighted by atomic mass is 10.1. The smallest absolute Gasteiger partial charge is 0.196 e. The highest BCUT2D eigenvalue weighted by atomic mass is 35.5. The molecule has 1 aliphatic heterocycles. The highest BCUT2D eigenvalue weighted by molar-refractivity contribution is 5.85. The van der Waals surface area contributed by atoms with Crippen molar-refractivity contribution in [3.63, 3.8) is 0 Å². The van der Waals surface area contributed by atoms with Gasteiger partial charge in [0.05, 0.1) is 5.69 Å². The van der Waals surface area contributed by atoms with Crippen LogP contribution < -0.4 is 5.73 Å². The van der Waals surface area contributed by atoms with E-state index in [9.17, 15) is 0 Å². The molecule has 0 spiro atoms. The van der Waals surface area contributed by atoms with Gasteiger partial charge in [0.15, 0.2) is 5.96 Å². The van der Waals surface area contributed by atoms with Crippen LogP contribution in [0.2, 0.25) is 0 Å². The molecule has 0 fully saturated rings. The summed E-state index contributed by atoms with van der Waals surface area (Å²) in [6, 6.07) is 18.6. The van der Waals surface area contributed by atoms with Gasteiger partial charge in [0.1, 0.15) is 0 Å². The van der Waals surface area contributed by atoms with Crippen LogP contribution in [0, 0.1) is 0 Å². The van der Waals surface area contributed by atoms with Crippen LogP contribution in [0.4, 0.5) is 5.69 Å². The molecule has 0 saturated heterocycles. The molecule has 0 saturated carbocycles. The summed E-state index contributed by atoms with van der Waals surface area (Å²) in [5.74, 6) is 0.620. The molecule has 0 atom stereocenters. The van der Waals surface area contributed by atoms with Gasteiger partial charge in [-0.1, -0.05) is 48.5 Å². The topological polar surface area (TPSA) is 41.6 Å². The Hall–Kier alpha value is -2.00. The van der Waals surface area contributed by atoms with Gasteiger partial charge in [0, 0.05) is 13.1 Å². The van der Waals surface area contributed by atoms with Crippen LogP contribution in [-0.4, -0.2) is 17.4 Å². The summed E-state index contributed by atoms with van der Waals surface area (Å²) in [6.45, 7) is 1.74. The molecule has 3 rings (SSSR count). The summed E-state index contributed by atoms with van der Waals surface area (Å²) in [4.78, 5) is 6.59. The van der Waals surface area contributed by atoms with Gasteiger partial charge in [0.2, 0.25) is 0 Å². The van der Waals surface area contributed by atoms with E-state index in [1.165, 1.54) is 11.1 Å². The van der Waals surface area contributed by atoms with Crippen molar-refractivity contribution in [1.82, 2.24) is 4.90 Å². The number of halogens is 1. The zero-order valence-corrected chi connectivity index (χ0v) is 12.0. The van der Waals surface area contributed by atoms with E-state index < -0.39 is 0 Å². The maximum absolute atomic E-state index is 6.03. The molecule has 3 nitrogen and oxygen atoms in total. The number of benzene rings is 2. The van der Waals surface area contributed by atoms with Crippen LogP contribution >= 0.6 is 12.4 Å². The Labute approximate surface area is 125 Å². The molecule has 2 aromatic rings. The molecule has 0 bridgehead atoms. The quantitative estimate of drug-likeness (QED) is 0.942. The van der Waals surface area contributed by atoms with E-state index in [4.69, 9.17) is 5.73 Å². The van der Waals surface area contributed by atoms with Gasteiger partial charge in [-0.15, -0.1) is 12.4 Å². The number of guanidine groups is 1. The lowest BCUT2D eigenvalue weighted by Crippen LogP contribution is -2.39. The fourth-order valence-corrected chi connectivity index (χ4v) is 2.34. The second kappa shape index (κ2) is 6.44. The maximum Gasteiger partial charge on any atom is 0.196 e. The Morgan fingerprint density at radius 3 is 2.50 bits per heavy atom. The third-order valence-corrected chi connectivity index (χ3v) is 3.43. The molecule has 2 aromatic carbocycles. The minimum Gasteiger partial charge on any atom is -0.369 e. The Morgan fingerprint density at radius 1 is 1.00 bits per heavy atom. The summed E-state index contributed by atoms with van der Waals surface area (Å²) in [7, 11) is 0. The van der Waals surface area contributed by atoms with Crippen molar-refractivity contribution in [2.45, 2.75) is 13.0 Å². The van der Waals surface area contributed by atoms with E-state index in [0.717, 1.165) is 25.2 Å². The van der Waals surface area contributed by atoms with Crippen LogP contribution in [0.15, 0.2) is 59.6 Å². The van der Waals surface area contributed by atoms with Gasteiger partial charge in [-0.3, -0.25) is 0 Å². The van der Waals surface area contributed by atoms with E-state index in [1.807, 2.05) is 24.3 Å². The number of rotatable bonds is 3. The zero-order chi connectivity index (χ0) is 13.1. The van der Waals surface area contributed by atoms with E-state index in [1.54, 1.807) is 0 Å². The normalized spacial score (nSPS) is 13.2. The predicted octanol–water partition coefficient (Wildman–Crippen LogP) is 3.11. The highest BCUT2D eigenvalue weighted by Gasteiger charge is 2.16. The fraction of sp³-hybridized carbons (Fsp3) is 0.188. The van der Waals surface area contributed by atoms with E-state index in [0.29, 0.717) is 5.96 Å². The summed E-state index contributed by atoms with van der Waals surface area (Å²) in [6.07, 6.45) is 0.985. The molecule has 0 amide bonds. The van der Waals surface area contributed by atoms with Gasteiger partial charge in [-0.2, -0.15) is 0 Å². The molecule has 2 N–H and O–H groups in total. The van der Waals surface area contributed by atoms with Gasteiger partial charge in [-0.25, -0.2) is 4.99 Å². The van der Waals surface area contributed by atoms with E-state index >= 15 is 0 Å². The average molecular weight is 288 g/mol. The monoisotopic (exact) mass is 287 g/mol. The van der Waals surface area contributed by atoms with Crippen molar-refractivity contribution in [1.29, 1.82) is 0 Å². The van der Waals surface area contributed by atoms with Gasteiger partial charge in [0.25, 0.3) is 0 Å². The second-order valence-electron chi connectivity index (χ2n) is 4.76. The Balaban J connectivity index is 0.00000147. The molecule has 0 aliphatic carbocycles. The number of hydrogen-bond donors (Lipinski definition) is 1. The summed E-state index contributed by atoms with van der Waals surface area (Å²) >= 11 is 0. The summed E-state index contributed by atoms with van der Waals surface area (Å²) < 4.78 is 0. The second-order valence-corrected chi connectivity index (χ2v) is 4.76. The van der Waals surface area contributed by atoms with Crippen molar-refractivity contribution >= 4 is 24.1 Å².